The Hall–Kier alpha value is -2.50. The number of amides is 1. The van der Waals surface area contributed by atoms with Crippen molar-refractivity contribution in [3.63, 3.8) is 0 Å². The van der Waals surface area contributed by atoms with Crippen LogP contribution in [-0.4, -0.2) is 44.3 Å². The Kier molecular flexibility index (Phi) is 8.55. The van der Waals surface area contributed by atoms with Crippen LogP contribution in [0, 0.1) is 11.7 Å². The van der Waals surface area contributed by atoms with E-state index in [4.69, 9.17) is 0 Å². The molecule has 1 heterocycles. The Balaban J connectivity index is 1.83. The van der Waals surface area contributed by atoms with Gasteiger partial charge in [-0.3, -0.25) is 4.79 Å². The number of hydrogen-bond donors (Lipinski definition) is 2. The number of nitrogens with one attached hydrogen (secondary N) is 2. The number of carbonyl (C=O) groups is 1. The van der Waals surface area contributed by atoms with Crippen molar-refractivity contribution in [1.29, 1.82) is 0 Å². The highest BCUT2D eigenvalue weighted by atomic mass is 32.2. The molecule has 2 atom stereocenters. The molecule has 2 aromatic rings. The van der Waals surface area contributed by atoms with Gasteiger partial charge in [0.2, 0.25) is 15.9 Å². The summed E-state index contributed by atoms with van der Waals surface area (Å²) < 4.78 is 79.6. The van der Waals surface area contributed by atoms with Gasteiger partial charge in [-0.1, -0.05) is 12.1 Å². The monoisotopic (exact) mass is 515 g/mol. The SMILES string of the molecule is CC(C)N(CC(=O)NC(c1ccc(C(F)(F)F)cc1)[C@@H]1CCCNC1)S(=O)(=O)c1ccc(F)cc1. The fourth-order valence-electron chi connectivity index (χ4n) is 4.16. The van der Waals surface area contributed by atoms with Gasteiger partial charge in [0.1, 0.15) is 5.82 Å². The molecule has 0 spiro atoms. The molecule has 6 nitrogen and oxygen atoms in total. The molecule has 2 aromatic carbocycles. The standard InChI is InChI=1S/C24H29F4N3O3S/c1-16(2)31(35(33,34)21-11-9-20(25)10-12-21)15-22(32)30-23(18-4-3-13-29-14-18)17-5-7-19(8-6-17)24(26,27)28/h5-12,16,18,23,29H,3-4,13-15H2,1-2H3,(H,30,32)/t18-,23?/m1/s1. The molecular formula is C24H29F4N3O3S. The Morgan fingerprint density at radius 1 is 1.11 bits per heavy atom. The van der Waals surface area contributed by atoms with Crippen molar-refractivity contribution in [2.75, 3.05) is 19.6 Å². The molecule has 35 heavy (non-hydrogen) atoms. The molecular weight excluding hydrogens is 486 g/mol. The van der Waals surface area contributed by atoms with Crippen molar-refractivity contribution >= 4 is 15.9 Å². The first-order chi connectivity index (χ1) is 16.4. The van der Waals surface area contributed by atoms with Crippen molar-refractivity contribution < 1.29 is 30.8 Å². The van der Waals surface area contributed by atoms with Crippen molar-refractivity contribution in [3.05, 3.63) is 65.5 Å². The Labute approximate surface area is 202 Å². The molecule has 0 aromatic heterocycles. The summed E-state index contributed by atoms with van der Waals surface area (Å²) in [6, 6.07) is 7.80. The van der Waals surface area contributed by atoms with Crippen molar-refractivity contribution in [2.45, 2.75) is 49.8 Å². The van der Waals surface area contributed by atoms with E-state index in [1.165, 1.54) is 12.1 Å². The lowest BCUT2D eigenvalue weighted by Gasteiger charge is -2.33. The zero-order valence-corrected chi connectivity index (χ0v) is 20.3. The maximum Gasteiger partial charge on any atom is 0.416 e. The third kappa shape index (κ3) is 6.80. The van der Waals surface area contributed by atoms with Crippen LogP contribution >= 0.6 is 0 Å². The molecule has 0 radical (unpaired) electrons. The van der Waals surface area contributed by atoms with Gasteiger partial charge in [-0.15, -0.1) is 0 Å². The average molecular weight is 516 g/mol. The summed E-state index contributed by atoms with van der Waals surface area (Å²) in [5, 5.41) is 6.09. The lowest BCUT2D eigenvalue weighted by Crippen LogP contribution is -2.47. The van der Waals surface area contributed by atoms with Gasteiger partial charge in [0.15, 0.2) is 0 Å². The molecule has 1 unspecified atom stereocenters. The van der Waals surface area contributed by atoms with Crippen LogP contribution in [0.25, 0.3) is 0 Å². The Morgan fingerprint density at radius 2 is 1.74 bits per heavy atom. The van der Waals surface area contributed by atoms with Gasteiger partial charge in [0.05, 0.1) is 23.0 Å². The number of benzene rings is 2. The van der Waals surface area contributed by atoms with E-state index in [0.29, 0.717) is 12.1 Å². The first-order valence-electron chi connectivity index (χ1n) is 11.3. The minimum absolute atomic E-state index is 0.0781. The third-order valence-corrected chi connectivity index (χ3v) is 8.05. The van der Waals surface area contributed by atoms with Crippen LogP contribution in [0.1, 0.15) is 43.9 Å². The minimum Gasteiger partial charge on any atom is -0.348 e. The molecule has 1 amide bonds. The molecule has 1 aliphatic heterocycles. The van der Waals surface area contributed by atoms with Crippen LogP contribution in [0.2, 0.25) is 0 Å². The second-order valence-corrected chi connectivity index (χ2v) is 10.8. The summed E-state index contributed by atoms with van der Waals surface area (Å²) >= 11 is 0. The number of piperidine rings is 1. The van der Waals surface area contributed by atoms with Gasteiger partial charge in [0, 0.05) is 12.6 Å². The molecule has 3 rings (SSSR count). The molecule has 2 N–H and O–H groups in total. The topological polar surface area (TPSA) is 78.5 Å². The van der Waals surface area contributed by atoms with Gasteiger partial charge in [-0.05, 0) is 81.1 Å². The van der Waals surface area contributed by atoms with E-state index in [2.05, 4.69) is 10.6 Å². The zero-order chi connectivity index (χ0) is 25.8. The summed E-state index contributed by atoms with van der Waals surface area (Å²) in [6.07, 6.45) is -2.88. The molecule has 0 aliphatic carbocycles. The van der Waals surface area contributed by atoms with E-state index in [-0.39, 0.29) is 10.8 Å². The van der Waals surface area contributed by atoms with Crippen LogP contribution in [0.4, 0.5) is 17.6 Å². The summed E-state index contributed by atoms with van der Waals surface area (Å²) in [7, 11) is -4.09. The predicted molar refractivity (Wildman–Crippen MR) is 123 cm³/mol. The maximum absolute atomic E-state index is 13.3. The highest BCUT2D eigenvalue weighted by molar-refractivity contribution is 7.89. The number of carbonyl (C=O) groups excluding carboxylic acids is 1. The van der Waals surface area contributed by atoms with E-state index in [0.717, 1.165) is 60.1 Å². The largest absolute Gasteiger partial charge is 0.416 e. The number of sulfonamides is 1. The quantitative estimate of drug-likeness (QED) is 0.519. The van der Waals surface area contributed by atoms with Gasteiger partial charge < -0.3 is 10.6 Å². The van der Waals surface area contributed by atoms with Crippen LogP contribution in [0.3, 0.4) is 0 Å². The summed E-state index contributed by atoms with van der Waals surface area (Å²) in [5.41, 5.74) is -0.276. The fraction of sp³-hybridized carbons (Fsp3) is 0.458. The first kappa shape index (κ1) is 27.1. The van der Waals surface area contributed by atoms with Crippen LogP contribution < -0.4 is 10.6 Å². The Bertz CT molecular complexity index is 1100. The van der Waals surface area contributed by atoms with Crippen molar-refractivity contribution in [3.8, 4) is 0 Å². The normalized spacial score (nSPS) is 18.0. The second kappa shape index (κ2) is 11.0. The molecule has 0 saturated carbocycles. The second-order valence-electron chi connectivity index (χ2n) is 8.87. The highest BCUT2D eigenvalue weighted by Crippen LogP contribution is 2.32. The number of halogens is 4. The molecule has 1 aliphatic rings. The number of hydrogen-bond acceptors (Lipinski definition) is 4. The number of nitrogens with zero attached hydrogens (tertiary/aromatic N) is 1. The number of alkyl halides is 3. The van der Waals surface area contributed by atoms with Gasteiger partial charge in [-0.2, -0.15) is 17.5 Å². The molecule has 1 saturated heterocycles. The highest BCUT2D eigenvalue weighted by Gasteiger charge is 2.33. The van der Waals surface area contributed by atoms with E-state index < -0.39 is 52.1 Å². The molecule has 0 bridgehead atoms. The van der Waals surface area contributed by atoms with Crippen molar-refractivity contribution in [2.24, 2.45) is 5.92 Å². The average Bonchev–Trinajstić information content (AvgIpc) is 2.81. The van der Waals surface area contributed by atoms with E-state index >= 15 is 0 Å². The van der Waals surface area contributed by atoms with Crippen LogP contribution in [0.5, 0.6) is 0 Å². The lowest BCUT2D eigenvalue weighted by molar-refractivity contribution is -0.137. The first-order valence-corrected chi connectivity index (χ1v) is 12.8. The van der Waals surface area contributed by atoms with Gasteiger partial charge in [-0.25, -0.2) is 12.8 Å². The van der Waals surface area contributed by atoms with Crippen molar-refractivity contribution in [1.82, 2.24) is 14.9 Å². The molecule has 1 fully saturated rings. The fourth-order valence-corrected chi connectivity index (χ4v) is 5.76. The van der Waals surface area contributed by atoms with E-state index in [9.17, 15) is 30.8 Å². The maximum atomic E-state index is 13.3. The number of rotatable bonds is 8. The smallest absolute Gasteiger partial charge is 0.348 e. The van der Waals surface area contributed by atoms with Crippen LogP contribution in [0.15, 0.2) is 53.4 Å². The van der Waals surface area contributed by atoms with Gasteiger partial charge in [0.25, 0.3) is 0 Å². The summed E-state index contributed by atoms with van der Waals surface area (Å²) in [6.45, 7) is 4.11. The zero-order valence-electron chi connectivity index (χ0n) is 19.5. The van der Waals surface area contributed by atoms with E-state index in [1.807, 2.05) is 0 Å². The predicted octanol–water partition coefficient (Wildman–Crippen LogP) is 4.10. The minimum atomic E-state index is -4.48. The van der Waals surface area contributed by atoms with E-state index in [1.54, 1.807) is 13.8 Å². The lowest BCUT2D eigenvalue weighted by atomic mass is 9.87. The van der Waals surface area contributed by atoms with Gasteiger partial charge >= 0.3 is 6.18 Å². The Morgan fingerprint density at radius 3 is 2.26 bits per heavy atom. The summed E-state index contributed by atoms with van der Waals surface area (Å²) in [5.74, 6) is -1.25. The third-order valence-electron chi connectivity index (χ3n) is 6.02. The molecule has 192 valence electrons. The summed E-state index contributed by atoms with van der Waals surface area (Å²) in [4.78, 5) is 12.9. The van der Waals surface area contributed by atoms with Crippen LogP contribution in [-0.2, 0) is 21.0 Å². The molecule has 11 heteroatoms.